The van der Waals surface area contributed by atoms with Crippen molar-refractivity contribution in [2.45, 2.75) is 26.0 Å². The number of nitrogens with zero attached hydrogens (tertiary/aromatic N) is 3. The highest BCUT2D eigenvalue weighted by Crippen LogP contribution is 2.73. The Kier molecular flexibility index (Phi) is 8.68. The average molecular weight is 850 g/mol. The van der Waals surface area contributed by atoms with E-state index in [-0.39, 0.29) is 0 Å². The number of hydrogen-bond acceptors (Lipinski definition) is 0. The lowest BCUT2D eigenvalue weighted by Crippen LogP contribution is -2.08. The van der Waals surface area contributed by atoms with Gasteiger partial charge in [-0.15, -0.1) is 10.0 Å². The largest absolute Gasteiger partial charge is 0.313 e. The number of fused-ring (bicyclic) bond motifs is 9. The number of hydrogen-bond donors (Lipinski definition) is 0. The summed E-state index contributed by atoms with van der Waals surface area (Å²) in [6, 6.07) is 83.4. The summed E-state index contributed by atoms with van der Waals surface area (Å²) in [6.45, 7) is 0. The van der Waals surface area contributed by atoms with Gasteiger partial charge in [-0.25, -0.2) is 0 Å². The summed E-state index contributed by atoms with van der Waals surface area (Å²) in [6.07, 6.45) is 9.82. The predicted molar refractivity (Wildman–Crippen MR) is 274 cm³/mol. The van der Waals surface area contributed by atoms with Gasteiger partial charge in [0, 0.05) is 81.3 Å². The van der Waals surface area contributed by atoms with Gasteiger partial charge in [-0.3, -0.25) is 0 Å². The average Bonchev–Trinajstić information content (AvgIpc) is 3.91. The first-order chi connectivity index (χ1) is 32.3. The summed E-state index contributed by atoms with van der Waals surface area (Å²) >= 11 is 0. The van der Waals surface area contributed by atoms with Crippen LogP contribution in [0.15, 0.2) is 262 Å². The van der Waals surface area contributed by atoms with Crippen molar-refractivity contribution in [2.75, 3.05) is 0 Å². The molecule has 9 aromatic carbocycles. The molecule has 0 aliphatic heterocycles. The second kappa shape index (κ2) is 15.0. The molecule has 3 nitrogen and oxygen atoms in total. The Hall–Kier alpha value is -8.05. The molecule has 1 aliphatic carbocycles. The van der Waals surface area contributed by atoms with Crippen LogP contribution >= 0.6 is 10.0 Å². The van der Waals surface area contributed by atoms with Crippen molar-refractivity contribution in [3.8, 4) is 17.1 Å². The molecule has 1 aliphatic rings. The Bertz CT molecular complexity index is 3760. The van der Waals surface area contributed by atoms with Gasteiger partial charge >= 0.3 is 0 Å². The number of allylic oxidation sites excluding steroid dienone is 3. The molecule has 12 aromatic rings. The molecule has 0 unspecified atom stereocenters. The Balaban J connectivity index is 1.09. The molecule has 0 saturated heterocycles. The first kappa shape index (κ1) is 37.5. The van der Waals surface area contributed by atoms with Gasteiger partial charge in [0.05, 0.1) is 27.6 Å². The first-order valence-corrected chi connectivity index (χ1v) is 24.0. The molecule has 0 N–H and O–H groups in total. The molecule has 65 heavy (non-hydrogen) atoms. The van der Waals surface area contributed by atoms with E-state index in [9.17, 15) is 0 Å². The maximum Gasteiger partial charge on any atom is 0.0548 e. The normalized spacial score (nSPS) is 13.0. The summed E-state index contributed by atoms with van der Waals surface area (Å²) in [5, 5.41) is 6.27. The minimum absolute atomic E-state index is 0.821. The van der Waals surface area contributed by atoms with Crippen molar-refractivity contribution in [1.82, 2.24) is 13.7 Å². The van der Waals surface area contributed by atoms with Gasteiger partial charge in [-0.2, -0.15) is 0 Å². The van der Waals surface area contributed by atoms with E-state index in [0.29, 0.717) is 0 Å². The summed E-state index contributed by atoms with van der Waals surface area (Å²) in [5.74, 6) is 0. The van der Waals surface area contributed by atoms with Gasteiger partial charge in [0.1, 0.15) is 0 Å². The third-order valence-corrected chi connectivity index (χ3v) is 17.3. The van der Waals surface area contributed by atoms with Crippen molar-refractivity contribution in [2.24, 2.45) is 0 Å². The van der Waals surface area contributed by atoms with Crippen molar-refractivity contribution < 1.29 is 0 Å². The molecule has 0 atom stereocenters. The van der Waals surface area contributed by atoms with Crippen LogP contribution in [0.5, 0.6) is 0 Å². The van der Waals surface area contributed by atoms with Crippen LogP contribution in [0.1, 0.15) is 11.3 Å². The lowest BCUT2D eigenvalue weighted by Gasteiger charge is -2.42. The van der Waals surface area contributed by atoms with E-state index in [1.165, 1.54) is 85.4 Å². The highest BCUT2D eigenvalue weighted by molar-refractivity contribution is 8.34. The van der Waals surface area contributed by atoms with E-state index in [0.717, 1.165) is 23.5 Å². The summed E-state index contributed by atoms with van der Waals surface area (Å²) in [4.78, 5) is 5.15. The molecule has 0 bridgehead atoms. The lowest BCUT2D eigenvalue weighted by molar-refractivity contribution is 0.996. The van der Waals surface area contributed by atoms with Crippen LogP contribution in [-0.4, -0.2) is 13.7 Å². The van der Waals surface area contributed by atoms with E-state index >= 15 is 0 Å². The second-order valence-electron chi connectivity index (χ2n) is 16.9. The van der Waals surface area contributed by atoms with Crippen LogP contribution in [0.3, 0.4) is 0 Å². The molecule has 4 heteroatoms. The van der Waals surface area contributed by atoms with E-state index in [1.807, 2.05) is 0 Å². The van der Waals surface area contributed by atoms with Gasteiger partial charge in [0.25, 0.3) is 0 Å². The van der Waals surface area contributed by atoms with E-state index in [2.05, 4.69) is 262 Å². The van der Waals surface area contributed by atoms with E-state index in [1.54, 1.807) is 0 Å². The SMILES string of the molecule is C1=CCc2c(c3cc4c(cc3n2-c2cccc(S(c3ccccc3)(c3ccccc3)c3cccc(-n5c6ccccc6c6ccccc65)c3)c2)c2ccccc2n4-c2ccccc2)C=C1. The van der Waals surface area contributed by atoms with Gasteiger partial charge < -0.3 is 13.7 Å². The van der Waals surface area contributed by atoms with Crippen molar-refractivity contribution in [3.63, 3.8) is 0 Å². The molecular weight excluding hydrogens is 807 g/mol. The maximum absolute atomic E-state index is 2.55. The van der Waals surface area contributed by atoms with Crippen LogP contribution in [0, 0.1) is 0 Å². The predicted octanol–water partition coefficient (Wildman–Crippen LogP) is 16.3. The van der Waals surface area contributed by atoms with E-state index < -0.39 is 10.0 Å². The second-order valence-corrected chi connectivity index (χ2v) is 20.0. The minimum atomic E-state index is -2.08. The van der Waals surface area contributed by atoms with Crippen LogP contribution in [-0.2, 0) is 6.42 Å². The fraction of sp³-hybridized carbons (Fsp3) is 0.0164. The topological polar surface area (TPSA) is 14.8 Å². The minimum Gasteiger partial charge on any atom is -0.313 e. The molecule has 0 amide bonds. The fourth-order valence-corrected chi connectivity index (χ4v) is 14.6. The van der Waals surface area contributed by atoms with Gasteiger partial charge in [0.15, 0.2) is 0 Å². The molecule has 3 heterocycles. The van der Waals surface area contributed by atoms with Crippen LogP contribution in [0.25, 0.3) is 77.7 Å². The van der Waals surface area contributed by atoms with Gasteiger partial charge in [-0.1, -0.05) is 146 Å². The zero-order valence-corrected chi connectivity index (χ0v) is 36.4. The number of aromatic nitrogens is 3. The zero-order valence-electron chi connectivity index (χ0n) is 35.6. The molecule has 308 valence electrons. The standard InChI is InChI=1S/C61H43N3S/c1-5-21-43(22-6-1)62-58-38-18-15-34-53(58)54-42-61-55(41-60(54)62)52-31-11-4-12-35-59(52)64(61)45-24-20-30-49(40-45)65(46-25-7-2-8-26-46,47-27-9-3-10-28-47)48-29-19-23-44(39-48)63-56-36-16-13-32-50(56)51-33-14-17-37-57(51)63/h1-34,36-42H,35H2. The highest BCUT2D eigenvalue weighted by atomic mass is 32.3. The summed E-state index contributed by atoms with van der Waals surface area (Å²) in [5.41, 5.74) is 12.1. The number of rotatable bonds is 7. The zero-order chi connectivity index (χ0) is 42.9. The van der Waals surface area contributed by atoms with Crippen molar-refractivity contribution >= 4 is 70.6 Å². The molecule has 3 aromatic heterocycles. The number of para-hydroxylation sites is 4. The van der Waals surface area contributed by atoms with Gasteiger partial charge in [0.2, 0.25) is 0 Å². The molecular formula is C61H43N3S. The quantitative estimate of drug-likeness (QED) is 0.152. The Morgan fingerprint density at radius 1 is 0.308 bits per heavy atom. The summed E-state index contributed by atoms with van der Waals surface area (Å²) in [7, 11) is -2.08. The fourth-order valence-electron chi connectivity index (χ4n) is 10.7. The smallest absolute Gasteiger partial charge is 0.0548 e. The molecule has 0 spiro atoms. The first-order valence-electron chi connectivity index (χ1n) is 22.4. The Labute approximate surface area is 379 Å². The molecule has 0 fully saturated rings. The summed E-state index contributed by atoms with van der Waals surface area (Å²) < 4.78 is 7.43. The molecule has 0 radical (unpaired) electrons. The van der Waals surface area contributed by atoms with E-state index in [4.69, 9.17) is 0 Å². The third-order valence-electron chi connectivity index (χ3n) is 13.4. The van der Waals surface area contributed by atoms with Crippen LogP contribution in [0.2, 0.25) is 0 Å². The maximum atomic E-state index is 2.55. The van der Waals surface area contributed by atoms with Crippen LogP contribution < -0.4 is 0 Å². The Morgan fingerprint density at radius 2 is 0.738 bits per heavy atom. The van der Waals surface area contributed by atoms with Gasteiger partial charge in [-0.05, 0) is 103 Å². The van der Waals surface area contributed by atoms with Crippen molar-refractivity contribution in [1.29, 1.82) is 0 Å². The highest BCUT2D eigenvalue weighted by Gasteiger charge is 2.34. The molecule has 13 rings (SSSR count). The Morgan fingerprint density at radius 3 is 1.32 bits per heavy atom. The third kappa shape index (κ3) is 5.71. The monoisotopic (exact) mass is 849 g/mol. The number of benzene rings is 9. The van der Waals surface area contributed by atoms with Crippen LogP contribution in [0.4, 0.5) is 0 Å². The molecule has 0 saturated carbocycles. The lowest BCUT2D eigenvalue weighted by atomic mass is 10.1. The van der Waals surface area contributed by atoms with Crippen molar-refractivity contribution in [3.05, 3.63) is 254 Å².